The monoisotopic (exact) mass is 305 g/mol. The van der Waals surface area contributed by atoms with E-state index >= 15 is 0 Å². The summed E-state index contributed by atoms with van der Waals surface area (Å²) in [7, 11) is 0. The average Bonchev–Trinajstić information content (AvgIpc) is 2.02. The van der Waals surface area contributed by atoms with Crippen LogP contribution in [0.4, 0.5) is 17.6 Å². The van der Waals surface area contributed by atoms with Gasteiger partial charge in [-0.3, -0.25) is 0 Å². The van der Waals surface area contributed by atoms with E-state index in [0.717, 1.165) is 0 Å². The van der Waals surface area contributed by atoms with Gasteiger partial charge in [0.25, 0.3) is 0 Å². The molecular formula is C8H6F4I-. The third-order valence-electron chi connectivity index (χ3n) is 1.18. The second kappa shape index (κ2) is 4.26. The zero-order valence-electron chi connectivity index (χ0n) is 6.41. The SMILES string of the molecule is Fc1ccc([I-]CC(F)(F)F)cc1. The van der Waals surface area contributed by atoms with E-state index in [0.29, 0.717) is 3.57 Å². The van der Waals surface area contributed by atoms with Crippen LogP contribution in [0.1, 0.15) is 0 Å². The fourth-order valence-electron chi connectivity index (χ4n) is 0.672. The fraction of sp³-hybridized carbons (Fsp3) is 0.250. The molecule has 1 rings (SSSR count). The Morgan fingerprint density at radius 2 is 1.62 bits per heavy atom. The van der Waals surface area contributed by atoms with Crippen LogP contribution in [0.2, 0.25) is 0 Å². The molecule has 1 aromatic carbocycles. The van der Waals surface area contributed by atoms with Gasteiger partial charge in [-0.2, -0.15) is 0 Å². The van der Waals surface area contributed by atoms with Gasteiger partial charge in [-0.1, -0.05) is 0 Å². The molecule has 0 radical (unpaired) electrons. The number of hydrogen-bond donors (Lipinski definition) is 0. The predicted octanol–water partition coefficient (Wildman–Crippen LogP) is -0.353. The Bertz CT molecular complexity index is 264. The molecule has 0 atom stereocenters. The molecule has 1 aromatic rings. The minimum atomic E-state index is -4.10. The first-order valence-corrected chi connectivity index (χ1v) is 5.99. The van der Waals surface area contributed by atoms with Crippen molar-refractivity contribution in [2.24, 2.45) is 0 Å². The third-order valence-corrected chi connectivity index (χ3v) is 4.02. The van der Waals surface area contributed by atoms with E-state index in [1.54, 1.807) is 0 Å². The number of rotatable bonds is 2. The van der Waals surface area contributed by atoms with Crippen LogP contribution < -0.4 is 21.2 Å². The van der Waals surface area contributed by atoms with Crippen LogP contribution in [0.5, 0.6) is 0 Å². The first-order chi connectivity index (χ1) is 5.97. The average molecular weight is 305 g/mol. The Morgan fingerprint density at radius 3 is 2.08 bits per heavy atom. The molecule has 0 fully saturated rings. The predicted molar refractivity (Wildman–Crippen MR) is 36.0 cm³/mol. The van der Waals surface area contributed by atoms with Crippen LogP contribution in [-0.4, -0.2) is 10.6 Å². The molecule has 0 saturated heterocycles. The summed E-state index contributed by atoms with van der Waals surface area (Å²) < 4.78 is 47.5. The maximum absolute atomic E-state index is 12.4. The number of hydrogen-bond acceptors (Lipinski definition) is 0. The van der Waals surface area contributed by atoms with Crippen molar-refractivity contribution in [2.45, 2.75) is 6.18 Å². The van der Waals surface area contributed by atoms with E-state index in [4.69, 9.17) is 0 Å². The van der Waals surface area contributed by atoms with Gasteiger partial charge in [0.05, 0.1) is 0 Å². The normalized spacial score (nSPS) is 12.0. The molecule has 5 heteroatoms. The van der Waals surface area contributed by atoms with Gasteiger partial charge in [-0.25, -0.2) is 0 Å². The van der Waals surface area contributed by atoms with Crippen molar-refractivity contribution < 1.29 is 38.8 Å². The Morgan fingerprint density at radius 1 is 1.08 bits per heavy atom. The van der Waals surface area contributed by atoms with Crippen LogP contribution in [0.15, 0.2) is 24.3 Å². The van der Waals surface area contributed by atoms with E-state index in [1.165, 1.54) is 24.3 Å². The molecule has 0 bridgehead atoms. The molecule has 13 heavy (non-hydrogen) atoms. The van der Waals surface area contributed by atoms with Crippen molar-refractivity contribution in [2.75, 3.05) is 4.43 Å². The second-order valence-electron chi connectivity index (χ2n) is 2.32. The topological polar surface area (TPSA) is 0 Å². The van der Waals surface area contributed by atoms with Gasteiger partial charge >= 0.3 is 83.0 Å². The van der Waals surface area contributed by atoms with E-state index < -0.39 is 37.6 Å². The maximum atomic E-state index is 12.4. The molecule has 0 unspecified atom stereocenters. The van der Waals surface area contributed by atoms with Gasteiger partial charge in [-0.15, -0.1) is 0 Å². The summed E-state index contributed by atoms with van der Waals surface area (Å²) in [5.74, 6) is -0.417. The van der Waals surface area contributed by atoms with Crippen molar-refractivity contribution in [3.8, 4) is 0 Å². The summed E-state index contributed by atoms with van der Waals surface area (Å²) in [4.78, 5) is 0. The quantitative estimate of drug-likeness (QED) is 0.398. The summed E-state index contributed by atoms with van der Waals surface area (Å²) >= 11 is -1.07. The number of benzene rings is 1. The number of halogens is 5. The zero-order valence-corrected chi connectivity index (χ0v) is 8.56. The Labute approximate surface area is 83.2 Å². The summed E-state index contributed by atoms with van der Waals surface area (Å²) in [6, 6.07) is 5.19. The minimum absolute atomic E-state index is 0.417. The molecule has 0 heterocycles. The van der Waals surface area contributed by atoms with Crippen LogP contribution in [0, 0.1) is 9.39 Å². The van der Waals surface area contributed by atoms with Gasteiger partial charge in [0.2, 0.25) is 0 Å². The zero-order chi connectivity index (χ0) is 9.90. The molecule has 0 aliphatic rings. The van der Waals surface area contributed by atoms with E-state index in [-0.39, 0.29) is 0 Å². The Hall–Kier alpha value is -0.330. The molecule has 0 saturated carbocycles. The van der Waals surface area contributed by atoms with E-state index in [1.807, 2.05) is 0 Å². The van der Waals surface area contributed by atoms with Crippen molar-refractivity contribution in [3.63, 3.8) is 0 Å². The van der Waals surface area contributed by atoms with Crippen LogP contribution in [-0.2, 0) is 0 Å². The van der Waals surface area contributed by atoms with Crippen molar-refractivity contribution in [1.29, 1.82) is 0 Å². The number of alkyl halides is 4. The summed E-state index contributed by atoms with van der Waals surface area (Å²) in [6.07, 6.45) is -4.10. The summed E-state index contributed by atoms with van der Waals surface area (Å²) in [5, 5.41) is 0. The molecular weight excluding hydrogens is 299 g/mol. The molecule has 0 N–H and O–H groups in total. The van der Waals surface area contributed by atoms with Gasteiger partial charge < -0.3 is 0 Å². The second-order valence-corrected chi connectivity index (χ2v) is 5.09. The van der Waals surface area contributed by atoms with Crippen LogP contribution in [0.3, 0.4) is 0 Å². The van der Waals surface area contributed by atoms with Crippen molar-refractivity contribution in [3.05, 3.63) is 33.7 Å². The standard InChI is InChI=1S/C8H6F4I/c9-6-1-3-7(4-2-6)13-5-8(10,11)12/h1-4H,5H2/q-1. The Kier molecular flexibility index (Phi) is 3.52. The molecule has 0 aromatic heterocycles. The molecule has 0 nitrogen and oxygen atoms in total. The Balaban J connectivity index is 2.51. The first kappa shape index (κ1) is 10.7. The van der Waals surface area contributed by atoms with E-state index in [9.17, 15) is 17.6 Å². The molecule has 74 valence electrons. The van der Waals surface area contributed by atoms with Crippen molar-refractivity contribution >= 4 is 0 Å². The van der Waals surface area contributed by atoms with Gasteiger partial charge in [-0.05, 0) is 0 Å². The molecule has 0 amide bonds. The first-order valence-electron chi connectivity index (χ1n) is 3.39. The third kappa shape index (κ3) is 4.44. The summed E-state index contributed by atoms with van der Waals surface area (Å²) in [6.45, 7) is 0. The van der Waals surface area contributed by atoms with Gasteiger partial charge in [0.1, 0.15) is 0 Å². The van der Waals surface area contributed by atoms with E-state index in [2.05, 4.69) is 0 Å². The van der Waals surface area contributed by atoms with Crippen LogP contribution in [0.25, 0.3) is 0 Å². The molecule has 0 aliphatic heterocycles. The fourth-order valence-corrected chi connectivity index (χ4v) is 2.41. The van der Waals surface area contributed by atoms with Crippen molar-refractivity contribution in [1.82, 2.24) is 0 Å². The van der Waals surface area contributed by atoms with Gasteiger partial charge in [0, 0.05) is 0 Å². The van der Waals surface area contributed by atoms with Crippen LogP contribution >= 0.6 is 0 Å². The van der Waals surface area contributed by atoms with Gasteiger partial charge in [0.15, 0.2) is 0 Å². The summed E-state index contributed by atoms with van der Waals surface area (Å²) in [5.41, 5.74) is 0. The molecule has 0 spiro atoms. The molecule has 0 aliphatic carbocycles.